The van der Waals surface area contributed by atoms with Crippen molar-refractivity contribution in [3.63, 3.8) is 0 Å². The van der Waals surface area contributed by atoms with Gasteiger partial charge in [-0.1, -0.05) is 13.8 Å². The zero-order valence-corrected chi connectivity index (χ0v) is 12.2. The van der Waals surface area contributed by atoms with Crippen molar-refractivity contribution in [1.29, 1.82) is 5.41 Å². The van der Waals surface area contributed by atoms with Crippen molar-refractivity contribution in [2.24, 2.45) is 5.73 Å². The first kappa shape index (κ1) is 14.2. The summed E-state index contributed by atoms with van der Waals surface area (Å²) in [6.07, 6.45) is 1.06. The van der Waals surface area contributed by atoms with Gasteiger partial charge in [-0.25, -0.2) is 4.39 Å². The van der Waals surface area contributed by atoms with E-state index in [0.29, 0.717) is 5.56 Å². The molecule has 0 unspecified atom stereocenters. The van der Waals surface area contributed by atoms with Crippen molar-refractivity contribution in [2.75, 3.05) is 23.7 Å². The maximum atomic E-state index is 13.3. The lowest BCUT2D eigenvalue weighted by Crippen LogP contribution is -2.29. The van der Waals surface area contributed by atoms with E-state index in [2.05, 4.69) is 18.7 Å². The van der Waals surface area contributed by atoms with Crippen LogP contribution in [-0.2, 0) is 0 Å². The molecule has 1 aromatic carbocycles. The number of nitrogens with zero attached hydrogens (tertiary/aromatic N) is 1. The summed E-state index contributed by atoms with van der Waals surface area (Å²) in [5.41, 5.74) is 6.93. The Hall–Kier alpha value is -1.23. The van der Waals surface area contributed by atoms with E-state index < -0.39 is 0 Å². The van der Waals surface area contributed by atoms with Crippen molar-refractivity contribution < 1.29 is 4.39 Å². The van der Waals surface area contributed by atoms with Crippen LogP contribution in [0.15, 0.2) is 18.2 Å². The second-order valence-corrected chi connectivity index (χ2v) is 7.22. The fraction of sp³-hybridized carbons (Fsp3) is 0.500. The highest BCUT2D eigenvalue weighted by molar-refractivity contribution is 8.00. The number of nitrogen functional groups attached to an aromatic ring is 1. The fourth-order valence-corrected chi connectivity index (χ4v) is 3.36. The van der Waals surface area contributed by atoms with Crippen LogP contribution < -0.4 is 10.6 Å². The van der Waals surface area contributed by atoms with Gasteiger partial charge in [0.1, 0.15) is 11.7 Å². The van der Waals surface area contributed by atoms with E-state index in [1.54, 1.807) is 6.07 Å². The van der Waals surface area contributed by atoms with E-state index in [-0.39, 0.29) is 16.4 Å². The van der Waals surface area contributed by atoms with Gasteiger partial charge in [-0.05, 0) is 24.6 Å². The first-order valence-corrected chi connectivity index (χ1v) is 7.40. The van der Waals surface area contributed by atoms with Crippen LogP contribution in [0, 0.1) is 11.2 Å². The quantitative estimate of drug-likeness (QED) is 0.647. The van der Waals surface area contributed by atoms with Gasteiger partial charge in [-0.15, -0.1) is 0 Å². The van der Waals surface area contributed by atoms with Gasteiger partial charge in [0.15, 0.2) is 0 Å². The number of hydrogen-bond donors (Lipinski definition) is 2. The zero-order valence-electron chi connectivity index (χ0n) is 11.4. The number of amidine groups is 1. The SMILES string of the molecule is CC1(C)CCN(c2ccc(F)cc2C(=N)N)CCS1. The number of rotatable bonds is 2. The molecule has 1 heterocycles. The summed E-state index contributed by atoms with van der Waals surface area (Å²) >= 11 is 1.96. The Kier molecular flexibility index (Phi) is 4.04. The molecule has 3 N–H and O–H groups in total. The van der Waals surface area contributed by atoms with Gasteiger partial charge in [-0.2, -0.15) is 11.8 Å². The molecule has 104 valence electrons. The van der Waals surface area contributed by atoms with Gasteiger partial charge in [0.2, 0.25) is 0 Å². The van der Waals surface area contributed by atoms with Crippen molar-refractivity contribution in [1.82, 2.24) is 0 Å². The van der Waals surface area contributed by atoms with Gasteiger partial charge in [0.25, 0.3) is 0 Å². The summed E-state index contributed by atoms with van der Waals surface area (Å²) in [7, 11) is 0. The largest absolute Gasteiger partial charge is 0.384 e. The summed E-state index contributed by atoms with van der Waals surface area (Å²) in [6, 6.07) is 4.51. The van der Waals surface area contributed by atoms with Crippen LogP contribution in [0.5, 0.6) is 0 Å². The normalized spacial score (nSPS) is 19.0. The number of anilines is 1. The fourth-order valence-electron chi connectivity index (χ4n) is 2.26. The first-order chi connectivity index (χ1) is 8.89. The van der Waals surface area contributed by atoms with Gasteiger partial charge in [0.05, 0.1) is 0 Å². The van der Waals surface area contributed by atoms with E-state index in [4.69, 9.17) is 11.1 Å². The molecule has 0 aliphatic carbocycles. The van der Waals surface area contributed by atoms with Crippen LogP contribution in [0.2, 0.25) is 0 Å². The second kappa shape index (κ2) is 5.41. The minimum Gasteiger partial charge on any atom is -0.384 e. The molecule has 1 aromatic rings. The van der Waals surface area contributed by atoms with Crippen LogP contribution in [-0.4, -0.2) is 29.4 Å². The Balaban J connectivity index is 2.29. The number of thioether (sulfide) groups is 1. The monoisotopic (exact) mass is 281 g/mol. The number of nitrogens with one attached hydrogen (secondary N) is 1. The highest BCUT2D eigenvalue weighted by Crippen LogP contribution is 2.33. The van der Waals surface area contributed by atoms with Crippen molar-refractivity contribution in [3.05, 3.63) is 29.6 Å². The number of benzene rings is 1. The molecule has 2 rings (SSSR count). The molecule has 0 saturated carbocycles. The van der Waals surface area contributed by atoms with E-state index in [0.717, 1.165) is 31.0 Å². The summed E-state index contributed by atoms with van der Waals surface area (Å²) in [4.78, 5) is 2.21. The lowest BCUT2D eigenvalue weighted by molar-refractivity contribution is 0.624. The third kappa shape index (κ3) is 3.41. The molecule has 0 radical (unpaired) electrons. The Morgan fingerprint density at radius 3 is 2.84 bits per heavy atom. The summed E-state index contributed by atoms with van der Waals surface area (Å²) < 4.78 is 13.6. The van der Waals surface area contributed by atoms with E-state index in [1.807, 2.05) is 11.8 Å². The Labute approximate surface area is 117 Å². The standard InChI is InChI=1S/C14H20FN3S/c1-14(2)5-6-18(7-8-19-14)12-4-3-10(15)9-11(12)13(16)17/h3-4,9H,5-8H2,1-2H3,(H3,16,17). The van der Waals surface area contributed by atoms with E-state index in [1.165, 1.54) is 12.1 Å². The molecule has 1 saturated heterocycles. The Bertz CT molecular complexity index is 488. The summed E-state index contributed by atoms with van der Waals surface area (Å²) in [5, 5.41) is 7.60. The molecule has 0 bridgehead atoms. The molecule has 0 spiro atoms. The van der Waals surface area contributed by atoms with Gasteiger partial charge >= 0.3 is 0 Å². The van der Waals surface area contributed by atoms with Crippen LogP contribution in [0.25, 0.3) is 0 Å². The molecule has 19 heavy (non-hydrogen) atoms. The molecule has 0 amide bonds. The van der Waals surface area contributed by atoms with Gasteiger partial charge in [-0.3, -0.25) is 5.41 Å². The average Bonchev–Trinajstić information content (AvgIpc) is 2.50. The van der Waals surface area contributed by atoms with Crippen LogP contribution in [0.1, 0.15) is 25.8 Å². The molecular formula is C14H20FN3S. The smallest absolute Gasteiger partial charge is 0.125 e. The molecule has 1 aliphatic heterocycles. The predicted octanol–water partition coefficient (Wildman–Crippen LogP) is 2.83. The zero-order chi connectivity index (χ0) is 14.0. The van der Waals surface area contributed by atoms with Gasteiger partial charge < -0.3 is 10.6 Å². The number of nitrogens with two attached hydrogens (primary N) is 1. The second-order valence-electron chi connectivity index (χ2n) is 5.42. The molecule has 0 atom stereocenters. The third-order valence-corrected chi connectivity index (χ3v) is 4.80. The highest BCUT2D eigenvalue weighted by atomic mass is 32.2. The maximum absolute atomic E-state index is 13.3. The Morgan fingerprint density at radius 1 is 1.42 bits per heavy atom. The number of halogens is 1. The number of hydrogen-bond acceptors (Lipinski definition) is 3. The van der Waals surface area contributed by atoms with Crippen molar-refractivity contribution in [3.8, 4) is 0 Å². The molecule has 5 heteroatoms. The van der Waals surface area contributed by atoms with Crippen molar-refractivity contribution in [2.45, 2.75) is 25.0 Å². The topological polar surface area (TPSA) is 53.1 Å². The minimum atomic E-state index is -0.349. The van der Waals surface area contributed by atoms with Crippen LogP contribution in [0.3, 0.4) is 0 Å². The predicted molar refractivity (Wildman–Crippen MR) is 80.8 cm³/mol. The summed E-state index contributed by atoms with van der Waals surface area (Å²) in [6.45, 7) is 6.31. The lowest BCUT2D eigenvalue weighted by Gasteiger charge is -2.26. The van der Waals surface area contributed by atoms with Crippen LogP contribution in [0.4, 0.5) is 10.1 Å². The first-order valence-electron chi connectivity index (χ1n) is 6.42. The Morgan fingerprint density at radius 2 is 2.16 bits per heavy atom. The van der Waals surface area contributed by atoms with E-state index >= 15 is 0 Å². The molecule has 0 aromatic heterocycles. The highest BCUT2D eigenvalue weighted by Gasteiger charge is 2.25. The lowest BCUT2D eigenvalue weighted by atomic mass is 10.1. The maximum Gasteiger partial charge on any atom is 0.125 e. The third-order valence-electron chi connectivity index (χ3n) is 3.43. The van der Waals surface area contributed by atoms with Crippen molar-refractivity contribution >= 4 is 23.3 Å². The van der Waals surface area contributed by atoms with Crippen LogP contribution >= 0.6 is 11.8 Å². The van der Waals surface area contributed by atoms with E-state index in [9.17, 15) is 4.39 Å². The minimum absolute atomic E-state index is 0.0781. The molecule has 3 nitrogen and oxygen atoms in total. The average molecular weight is 281 g/mol. The molecular weight excluding hydrogens is 261 g/mol. The molecule has 1 fully saturated rings. The van der Waals surface area contributed by atoms with Gasteiger partial charge in [0, 0.05) is 34.8 Å². The molecule has 1 aliphatic rings. The summed E-state index contributed by atoms with van der Waals surface area (Å²) in [5.74, 6) is 0.603.